The van der Waals surface area contributed by atoms with Crippen molar-refractivity contribution in [3.05, 3.63) is 45.0 Å². The van der Waals surface area contributed by atoms with Crippen LogP contribution in [0.1, 0.15) is 15.9 Å². The maximum atomic E-state index is 11.2. The lowest BCUT2D eigenvalue weighted by Gasteiger charge is -2.07. The summed E-state index contributed by atoms with van der Waals surface area (Å²) in [5, 5.41) is 11.0. The standard InChI is InChI=1S/C12H9IO2/c1-7-6-8-4-2-3-5-9(8)10(11(7)13)12(14)15/h2-6H,1H3,(H,14,15). The molecule has 2 aromatic rings. The number of hydrogen-bond donors (Lipinski definition) is 1. The maximum Gasteiger partial charge on any atom is 0.337 e. The van der Waals surface area contributed by atoms with E-state index in [1.807, 2.05) is 37.3 Å². The van der Waals surface area contributed by atoms with Crippen molar-refractivity contribution in [3.63, 3.8) is 0 Å². The molecule has 1 N–H and O–H groups in total. The molecule has 0 unspecified atom stereocenters. The molecule has 0 heterocycles. The molecule has 76 valence electrons. The number of rotatable bonds is 1. The van der Waals surface area contributed by atoms with Gasteiger partial charge in [0.2, 0.25) is 0 Å². The summed E-state index contributed by atoms with van der Waals surface area (Å²) in [4.78, 5) is 11.2. The van der Waals surface area contributed by atoms with Gasteiger partial charge < -0.3 is 5.11 Å². The first-order chi connectivity index (χ1) is 7.11. The molecule has 0 saturated carbocycles. The van der Waals surface area contributed by atoms with E-state index in [2.05, 4.69) is 22.6 Å². The van der Waals surface area contributed by atoms with E-state index in [4.69, 9.17) is 0 Å². The number of benzene rings is 2. The van der Waals surface area contributed by atoms with Crippen LogP contribution in [0.2, 0.25) is 0 Å². The summed E-state index contributed by atoms with van der Waals surface area (Å²) in [5.74, 6) is -0.862. The molecular weight excluding hydrogens is 303 g/mol. The van der Waals surface area contributed by atoms with Gasteiger partial charge in [-0.05, 0) is 45.9 Å². The number of carboxylic acid groups (broad SMARTS) is 1. The van der Waals surface area contributed by atoms with E-state index >= 15 is 0 Å². The average molecular weight is 312 g/mol. The van der Waals surface area contributed by atoms with Gasteiger partial charge in [-0.3, -0.25) is 0 Å². The molecule has 0 fully saturated rings. The number of aryl methyl sites for hydroxylation is 1. The predicted molar refractivity (Wildman–Crippen MR) is 68.4 cm³/mol. The molecule has 0 aliphatic rings. The summed E-state index contributed by atoms with van der Waals surface area (Å²) in [6.07, 6.45) is 0. The summed E-state index contributed by atoms with van der Waals surface area (Å²) in [6.45, 7) is 1.93. The Morgan fingerprint density at radius 3 is 2.67 bits per heavy atom. The third-order valence-corrected chi connectivity index (χ3v) is 3.77. The highest BCUT2D eigenvalue weighted by Gasteiger charge is 2.14. The third kappa shape index (κ3) is 1.71. The van der Waals surface area contributed by atoms with Gasteiger partial charge in [0.1, 0.15) is 0 Å². The molecule has 0 radical (unpaired) electrons. The fourth-order valence-electron chi connectivity index (χ4n) is 1.67. The van der Waals surface area contributed by atoms with Gasteiger partial charge in [-0.15, -0.1) is 0 Å². The van der Waals surface area contributed by atoms with Gasteiger partial charge in [0, 0.05) is 3.57 Å². The Balaban J connectivity index is 2.95. The van der Waals surface area contributed by atoms with Gasteiger partial charge in [-0.2, -0.15) is 0 Å². The zero-order valence-corrected chi connectivity index (χ0v) is 10.3. The van der Waals surface area contributed by atoms with E-state index in [1.54, 1.807) is 0 Å². The Labute approximate surface area is 101 Å². The predicted octanol–water partition coefficient (Wildman–Crippen LogP) is 3.45. The summed E-state index contributed by atoms with van der Waals surface area (Å²) in [6, 6.07) is 9.58. The van der Waals surface area contributed by atoms with Crippen LogP contribution >= 0.6 is 22.6 Å². The van der Waals surface area contributed by atoms with E-state index < -0.39 is 5.97 Å². The van der Waals surface area contributed by atoms with Gasteiger partial charge in [0.15, 0.2) is 0 Å². The number of fused-ring (bicyclic) bond motifs is 1. The molecule has 0 aliphatic heterocycles. The molecule has 2 aromatic carbocycles. The van der Waals surface area contributed by atoms with E-state index in [0.29, 0.717) is 5.56 Å². The Bertz CT molecular complexity index is 547. The molecule has 2 nitrogen and oxygen atoms in total. The lowest BCUT2D eigenvalue weighted by Crippen LogP contribution is -2.02. The van der Waals surface area contributed by atoms with Crippen molar-refractivity contribution in [3.8, 4) is 0 Å². The Kier molecular flexibility index (Phi) is 2.65. The highest BCUT2D eigenvalue weighted by Crippen LogP contribution is 2.26. The number of carbonyl (C=O) groups is 1. The monoisotopic (exact) mass is 312 g/mol. The van der Waals surface area contributed by atoms with Crippen molar-refractivity contribution in [2.24, 2.45) is 0 Å². The van der Waals surface area contributed by atoms with Gasteiger partial charge in [0.25, 0.3) is 0 Å². The normalized spacial score (nSPS) is 10.5. The molecular formula is C12H9IO2. The van der Waals surface area contributed by atoms with Crippen molar-refractivity contribution in [1.29, 1.82) is 0 Å². The smallest absolute Gasteiger partial charge is 0.337 e. The molecule has 0 bridgehead atoms. The van der Waals surface area contributed by atoms with Gasteiger partial charge in [-0.1, -0.05) is 30.3 Å². The topological polar surface area (TPSA) is 37.3 Å². The van der Waals surface area contributed by atoms with Crippen molar-refractivity contribution < 1.29 is 9.90 Å². The second-order valence-corrected chi connectivity index (χ2v) is 4.49. The highest BCUT2D eigenvalue weighted by molar-refractivity contribution is 14.1. The Morgan fingerprint density at radius 2 is 2.00 bits per heavy atom. The van der Waals surface area contributed by atoms with Crippen molar-refractivity contribution in [2.75, 3.05) is 0 Å². The second-order valence-electron chi connectivity index (χ2n) is 3.41. The fraction of sp³-hybridized carbons (Fsp3) is 0.0833. The minimum atomic E-state index is -0.862. The number of hydrogen-bond acceptors (Lipinski definition) is 1. The molecule has 2 rings (SSSR count). The summed E-state index contributed by atoms with van der Waals surface area (Å²) < 4.78 is 0.818. The Morgan fingerprint density at radius 1 is 1.33 bits per heavy atom. The molecule has 0 spiro atoms. The lowest BCUT2D eigenvalue weighted by atomic mass is 10.0. The molecule has 0 amide bonds. The molecule has 0 aliphatic carbocycles. The third-order valence-electron chi connectivity index (χ3n) is 2.38. The van der Waals surface area contributed by atoms with Crippen molar-refractivity contribution >= 4 is 39.3 Å². The molecule has 15 heavy (non-hydrogen) atoms. The van der Waals surface area contributed by atoms with E-state index in [1.165, 1.54) is 0 Å². The fourth-order valence-corrected chi connectivity index (χ4v) is 2.35. The zero-order chi connectivity index (χ0) is 11.0. The van der Waals surface area contributed by atoms with Crippen LogP contribution in [0.4, 0.5) is 0 Å². The number of aromatic carboxylic acids is 1. The molecule has 3 heteroatoms. The minimum absolute atomic E-state index is 0.409. The summed E-state index contributed by atoms with van der Waals surface area (Å²) in [5.41, 5.74) is 1.41. The van der Waals surface area contributed by atoms with Crippen LogP contribution in [-0.4, -0.2) is 11.1 Å². The second kappa shape index (κ2) is 3.81. The summed E-state index contributed by atoms with van der Waals surface area (Å²) in [7, 11) is 0. The molecule has 0 atom stereocenters. The van der Waals surface area contributed by atoms with Gasteiger partial charge in [0.05, 0.1) is 5.56 Å². The quantitative estimate of drug-likeness (QED) is 0.819. The average Bonchev–Trinajstić information content (AvgIpc) is 2.19. The van der Waals surface area contributed by atoms with Crippen molar-refractivity contribution in [1.82, 2.24) is 0 Å². The van der Waals surface area contributed by atoms with Crippen LogP contribution in [0.5, 0.6) is 0 Å². The van der Waals surface area contributed by atoms with E-state index in [-0.39, 0.29) is 0 Å². The first-order valence-corrected chi connectivity index (χ1v) is 5.60. The highest BCUT2D eigenvalue weighted by atomic mass is 127. The van der Waals surface area contributed by atoms with E-state index in [9.17, 15) is 9.90 Å². The maximum absolute atomic E-state index is 11.2. The first kappa shape index (κ1) is 10.4. The summed E-state index contributed by atoms with van der Waals surface area (Å²) >= 11 is 2.09. The number of carboxylic acids is 1. The Hall–Kier alpha value is -1.10. The lowest BCUT2D eigenvalue weighted by molar-refractivity contribution is 0.0698. The van der Waals surface area contributed by atoms with Crippen LogP contribution in [0.25, 0.3) is 10.8 Å². The number of halogens is 1. The van der Waals surface area contributed by atoms with Crippen molar-refractivity contribution in [2.45, 2.75) is 6.92 Å². The van der Waals surface area contributed by atoms with Crippen LogP contribution < -0.4 is 0 Å². The van der Waals surface area contributed by atoms with Crippen LogP contribution in [-0.2, 0) is 0 Å². The van der Waals surface area contributed by atoms with Gasteiger partial charge in [-0.25, -0.2) is 4.79 Å². The zero-order valence-electron chi connectivity index (χ0n) is 8.12. The van der Waals surface area contributed by atoms with Crippen LogP contribution in [0.3, 0.4) is 0 Å². The first-order valence-electron chi connectivity index (χ1n) is 4.52. The minimum Gasteiger partial charge on any atom is -0.478 e. The largest absolute Gasteiger partial charge is 0.478 e. The van der Waals surface area contributed by atoms with Gasteiger partial charge >= 0.3 is 5.97 Å². The molecule has 0 aromatic heterocycles. The van der Waals surface area contributed by atoms with Crippen LogP contribution in [0.15, 0.2) is 30.3 Å². The molecule has 0 saturated heterocycles. The SMILES string of the molecule is Cc1cc2ccccc2c(C(=O)O)c1I. The van der Waals surface area contributed by atoms with E-state index in [0.717, 1.165) is 19.9 Å². The van der Waals surface area contributed by atoms with Crippen LogP contribution in [0, 0.1) is 10.5 Å².